The van der Waals surface area contributed by atoms with Crippen LogP contribution in [0.1, 0.15) is 12.0 Å². The SMILES string of the molecule is CN1C[C@H]2CN(Cc3ccc(Cl)c(F)c3)CC[C@@H]2OCC1=O. The third-order valence-corrected chi connectivity index (χ3v) is 4.80. The van der Waals surface area contributed by atoms with Crippen molar-refractivity contribution in [1.29, 1.82) is 0 Å². The minimum Gasteiger partial charge on any atom is -0.368 e. The number of rotatable bonds is 2. The average Bonchev–Trinajstić information content (AvgIpc) is 2.62. The molecule has 2 aliphatic heterocycles. The van der Waals surface area contributed by atoms with Gasteiger partial charge in [-0.3, -0.25) is 9.69 Å². The number of piperidine rings is 1. The minimum absolute atomic E-state index is 0.0423. The van der Waals surface area contributed by atoms with Crippen LogP contribution in [0.5, 0.6) is 0 Å². The molecule has 2 atom stereocenters. The average molecular weight is 327 g/mol. The summed E-state index contributed by atoms with van der Waals surface area (Å²) in [6.45, 7) is 3.33. The summed E-state index contributed by atoms with van der Waals surface area (Å²) in [5.41, 5.74) is 0.916. The molecular weight excluding hydrogens is 307 g/mol. The molecule has 0 unspecified atom stereocenters. The fourth-order valence-corrected chi connectivity index (χ4v) is 3.38. The number of fused-ring (bicyclic) bond motifs is 1. The summed E-state index contributed by atoms with van der Waals surface area (Å²) >= 11 is 5.72. The number of likely N-dealkylation sites (N-methyl/N-ethyl adjacent to an activating group) is 1. The van der Waals surface area contributed by atoms with E-state index in [0.717, 1.165) is 31.6 Å². The predicted molar refractivity (Wildman–Crippen MR) is 82.2 cm³/mol. The van der Waals surface area contributed by atoms with Crippen molar-refractivity contribution in [1.82, 2.24) is 9.80 Å². The number of carbonyl (C=O) groups excluding carboxylic acids is 1. The van der Waals surface area contributed by atoms with Gasteiger partial charge in [-0.2, -0.15) is 0 Å². The highest BCUT2D eigenvalue weighted by Crippen LogP contribution is 2.25. The number of benzene rings is 1. The Hall–Kier alpha value is -1.17. The molecule has 0 radical (unpaired) electrons. The lowest BCUT2D eigenvalue weighted by molar-refractivity contribution is -0.133. The Labute approximate surface area is 134 Å². The Balaban J connectivity index is 1.65. The highest BCUT2D eigenvalue weighted by Gasteiger charge is 2.34. The first-order chi connectivity index (χ1) is 10.5. The molecule has 6 heteroatoms. The molecule has 2 saturated heterocycles. The lowest BCUT2D eigenvalue weighted by atomic mass is 9.94. The van der Waals surface area contributed by atoms with Crippen LogP contribution in [0.25, 0.3) is 0 Å². The summed E-state index contributed by atoms with van der Waals surface area (Å²) in [6, 6.07) is 4.95. The molecule has 0 spiro atoms. The van der Waals surface area contributed by atoms with E-state index < -0.39 is 0 Å². The van der Waals surface area contributed by atoms with Crippen LogP contribution in [-0.2, 0) is 16.1 Å². The van der Waals surface area contributed by atoms with Crippen molar-refractivity contribution in [2.45, 2.75) is 19.1 Å². The van der Waals surface area contributed by atoms with E-state index >= 15 is 0 Å². The van der Waals surface area contributed by atoms with Gasteiger partial charge in [0.15, 0.2) is 0 Å². The Morgan fingerprint density at radius 1 is 1.41 bits per heavy atom. The summed E-state index contributed by atoms with van der Waals surface area (Å²) < 4.78 is 19.3. The van der Waals surface area contributed by atoms with Gasteiger partial charge >= 0.3 is 0 Å². The fourth-order valence-electron chi connectivity index (χ4n) is 3.26. The van der Waals surface area contributed by atoms with Gasteiger partial charge in [-0.1, -0.05) is 17.7 Å². The van der Waals surface area contributed by atoms with E-state index in [1.165, 1.54) is 6.07 Å². The quantitative estimate of drug-likeness (QED) is 0.835. The zero-order chi connectivity index (χ0) is 15.7. The largest absolute Gasteiger partial charge is 0.368 e. The van der Waals surface area contributed by atoms with Crippen molar-refractivity contribution >= 4 is 17.5 Å². The lowest BCUT2D eigenvalue weighted by Gasteiger charge is -2.37. The van der Waals surface area contributed by atoms with Gasteiger partial charge in [0.25, 0.3) is 0 Å². The highest BCUT2D eigenvalue weighted by atomic mass is 35.5. The van der Waals surface area contributed by atoms with Crippen LogP contribution >= 0.6 is 11.6 Å². The van der Waals surface area contributed by atoms with Gasteiger partial charge < -0.3 is 9.64 Å². The molecule has 0 saturated carbocycles. The molecule has 0 aliphatic carbocycles. The first-order valence-corrected chi connectivity index (χ1v) is 7.92. The Morgan fingerprint density at radius 3 is 3.00 bits per heavy atom. The first kappa shape index (κ1) is 15.7. The van der Waals surface area contributed by atoms with Gasteiger partial charge in [0.05, 0.1) is 11.1 Å². The molecule has 22 heavy (non-hydrogen) atoms. The smallest absolute Gasteiger partial charge is 0.248 e. The van der Waals surface area contributed by atoms with Gasteiger partial charge in [0.1, 0.15) is 12.4 Å². The maximum absolute atomic E-state index is 13.5. The maximum atomic E-state index is 13.5. The predicted octanol–water partition coefficient (Wildman–Crippen LogP) is 2.16. The van der Waals surface area contributed by atoms with Gasteiger partial charge in [-0.15, -0.1) is 0 Å². The van der Waals surface area contributed by atoms with Crippen molar-refractivity contribution in [3.05, 3.63) is 34.6 Å². The number of carbonyl (C=O) groups is 1. The topological polar surface area (TPSA) is 32.8 Å². The molecule has 1 amide bonds. The molecule has 4 nitrogen and oxygen atoms in total. The maximum Gasteiger partial charge on any atom is 0.248 e. The van der Waals surface area contributed by atoms with Crippen molar-refractivity contribution in [2.75, 3.05) is 33.3 Å². The number of nitrogens with zero attached hydrogens (tertiary/aromatic N) is 2. The Kier molecular flexibility index (Phi) is 4.66. The molecule has 0 aromatic heterocycles. The van der Waals surface area contributed by atoms with Crippen LogP contribution in [0.4, 0.5) is 4.39 Å². The third-order valence-electron chi connectivity index (χ3n) is 4.49. The first-order valence-electron chi connectivity index (χ1n) is 7.55. The molecular formula is C16H20ClFN2O2. The number of halogens is 2. The van der Waals surface area contributed by atoms with Gasteiger partial charge in [0, 0.05) is 39.1 Å². The highest BCUT2D eigenvalue weighted by molar-refractivity contribution is 6.30. The molecule has 2 aliphatic rings. The lowest BCUT2D eigenvalue weighted by Crippen LogP contribution is -2.46. The molecule has 0 N–H and O–H groups in total. The molecule has 1 aromatic carbocycles. The van der Waals surface area contributed by atoms with Gasteiger partial charge in [0.2, 0.25) is 5.91 Å². The summed E-state index contributed by atoms with van der Waals surface area (Å²) in [4.78, 5) is 15.8. The standard InChI is InChI=1S/C16H20ClFN2O2/c1-19-8-12-9-20(5-4-15(12)22-10-16(19)21)7-11-2-3-13(17)14(18)6-11/h2-3,6,12,15H,4-5,7-10H2,1H3/t12-,15-/m0/s1. The Bertz CT molecular complexity index is 569. The van der Waals surface area contributed by atoms with Crippen molar-refractivity contribution in [3.8, 4) is 0 Å². The van der Waals surface area contributed by atoms with E-state index in [1.807, 2.05) is 13.1 Å². The molecule has 3 rings (SSSR count). The zero-order valence-corrected chi connectivity index (χ0v) is 13.4. The van der Waals surface area contributed by atoms with E-state index in [4.69, 9.17) is 16.3 Å². The monoisotopic (exact) mass is 326 g/mol. The van der Waals surface area contributed by atoms with Crippen LogP contribution in [0.3, 0.4) is 0 Å². The second-order valence-electron chi connectivity index (χ2n) is 6.16. The van der Waals surface area contributed by atoms with Crippen LogP contribution in [0.15, 0.2) is 18.2 Å². The normalized spacial score (nSPS) is 26.7. The fraction of sp³-hybridized carbons (Fsp3) is 0.562. The van der Waals surface area contributed by atoms with E-state index in [1.54, 1.807) is 11.0 Å². The zero-order valence-electron chi connectivity index (χ0n) is 12.6. The van der Waals surface area contributed by atoms with Crippen molar-refractivity contribution < 1.29 is 13.9 Å². The Morgan fingerprint density at radius 2 is 2.23 bits per heavy atom. The van der Waals surface area contributed by atoms with Gasteiger partial charge in [-0.25, -0.2) is 4.39 Å². The van der Waals surface area contributed by atoms with Crippen molar-refractivity contribution in [2.24, 2.45) is 5.92 Å². The molecule has 0 bridgehead atoms. The summed E-state index contributed by atoms with van der Waals surface area (Å²) in [5.74, 6) is -0.0275. The molecule has 2 fully saturated rings. The summed E-state index contributed by atoms with van der Waals surface area (Å²) in [5, 5.41) is 0.153. The van der Waals surface area contributed by atoms with Crippen LogP contribution in [0, 0.1) is 11.7 Å². The second kappa shape index (κ2) is 6.52. The van der Waals surface area contributed by atoms with E-state index in [0.29, 0.717) is 12.5 Å². The van der Waals surface area contributed by atoms with Gasteiger partial charge in [-0.05, 0) is 24.1 Å². The molecule has 2 heterocycles. The second-order valence-corrected chi connectivity index (χ2v) is 6.56. The van der Waals surface area contributed by atoms with E-state index in [-0.39, 0.29) is 29.5 Å². The van der Waals surface area contributed by atoms with Crippen LogP contribution in [-0.4, -0.2) is 55.1 Å². The number of hydrogen-bond acceptors (Lipinski definition) is 3. The van der Waals surface area contributed by atoms with Crippen LogP contribution in [0.2, 0.25) is 5.02 Å². The minimum atomic E-state index is -0.378. The van der Waals surface area contributed by atoms with E-state index in [2.05, 4.69) is 4.90 Å². The number of hydrogen-bond donors (Lipinski definition) is 0. The third kappa shape index (κ3) is 3.42. The summed E-state index contributed by atoms with van der Waals surface area (Å²) in [7, 11) is 1.82. The molecule has 1 aromatic rings. The molecule has 120 valence electrons. The number of amides is 1. The summed E-state index contributed by atoms with van der Waals surface area (Å²) in [6.07, 6.45) is 1.05. The number of likely N-dealkylation sites (tertiary alicyclic amines) is 1. The van der Waals surface area contributed by atoms with Crippen molar-refractivity contribution in [3.63, 3.8) is 0 Å². The number of ether oxygens (including phenoxy) is 1. The van der Waals surface area contributed by atoms with E-state index in [9.17, 15) is 9.18 Å². The van der Waals surface area contributed by atoms with Crippen LogP contribution < -0.4 is 0 Å².